The van der Waals surface area contributed by atoms with Gasteiger partial charge < -0.3 is 9.64 Å². The molecule has 0 N–H and O–H groups in total. The van der Waals surface area contributed by atoms with E-state index in [0.29, 0.717) is 18.4 Å². The van der Waals surface area contributed by atoms with E-state index in [0.717, 1.165) is 37.0 Å². The summed E-state index contributed by atoms with van der Waals surface area (Å²) in [4.78, 5) is 11.2. The number of rotatable bonds is 5. The van der Waals surface area contributed by atoms with Gasteiger partial charge in [0.2, 0.25) is 5.88 Å². The van der Waals surface area contributed by atoms with Gasteiger partial charge in [-0.25, -0.2) is 4.98 Å². The third-order valence-corrected chi connectivity index (χ3v) is 3.67. The Labute approximate surface area is 120 Å². The van der Waals surface area contributed by atoms with Crippen LogP contribution in [0.2, 0.25) is 0 Å². The van der Waals surface area contributed by atoms with Crippen molar-refractivity contribution in [3.05, 3.63) is 11.9 Å². The van der Waals surface area contributed by atoms with Crippen molar-refractivity contribution < 1.29 is 4.74 Å². The lowest BCUT2D eigenvalue weighted by atomic mass is 9.95. The van der Waals surface area contributed by atoms with Gasteiger partial charge in [-0.05, 0) is 39.0 Å². The molecule has 1 atom stereocenters. The fourth-order valence-corrected chi connectivity index (χ4v) is 2.88. The molecule has 19 heavy (non-hydrogen) atoms. The molecular formula is C14H22ClN3O. The maximum absolute atomic E-state index is 5.86. The molecule has 1 unspecified atom stereocenters. The van der Waals surface area contributed by atoms with Gasteiger partial charge in [-0.3, -0.25) is 0 Å². The first kappa shape index (κ1) is 14.4. The monoisotopic (exact) mass is 283 g/mol. The maximum Gasteiger partial charge on any atom is 0.218 e. The van der Waals surface area contributed by atoms with Gasteiger partial charge in [0, 0.05) is 25.0 Å². The summed E-state index contributed by atoms with van der Waals surface area (Å²) < 4.78 is 5.49. The molecule has 1 aromatic rings. The van der Waals surface area contributed by atoms with E-state index < -0.39 is 0 Å². The fraction of sp³-hybridized carbons (Fsp3) is 0.714. The van der Waals surface area contributed by atoms with Gasteiger partial charge in [0.1, 0.15) is 11.6 Å². The third-order valence-electron chi connectivity index (χ3n) is 3.45. The maximum atomic E-state index is 5.86. The highest BCUT2D eigenvalue weighted by Gasteiger charge is 2.21. The summed E-state index contributed by atoms with van der Waals surface area (Å²) in [5.74, 6) is 3.84. The van der Waals surface area contributed by atoms with E-state index in [1.807, 2.05) is 19.9 Å². The molecule has 2 rings (SSSR count). The van der Waals surface area contributed by atoms with Crippen LogP contribution in [0, 0.1) is 12.8 Å². The topological polar surface area (TPSA) is 38.2 Å². The van der Waals surface area contributed by atoms with Crippen molar-refractivity contribution >= 4 is 17.4 Å². The molecule has 2 heterocycles. The zero-order valence-electron chi connectivity index (χ0n) is 11.7. The van der Waals surface area contributed by atoms with Crippen LogP contribution in [-0.2, 0) is 0 Å². The first-order chi connectivity index (χ1) is 9.22. The van der Waals surface area contributed by atoms with Crippen molar-refractivity contribution in [1.29, 1.82) is 0 Å². The molecular weight excluding hydrogens is 262 g/mol. The largest absolute Gasteiger partial charge is 0.478 e. The Morgan fingerprint density at radius 1 is 1.47 bits per heavy atom. The van der Waals surface area contributed by atoms with E-state index in [2.05, 4.69) is 14.9 Å². The number of alkyl halides is 1. The summed E-state index contributed by atoms with van der Waals surface area (Å²) in [5, 5.41) is 0. The molecule has 4 nitrogen and oxygen atoms in total. The van der Waals surface area contributed by atoms with Crippen molar-refractivity contribution in [3.63, 3.8) is 0 Å². The van der Waals surface area contributed by atoms with Crippen LogP contribution in [-0.4, -0.2) is 35.5 Å². The van der Waals surface area contributed by atoms with E-state index in [1.54, 1.807) is 0 Å². The van der Waals surface area contributed by atoms with Gasteiger partial charge in [0.15, 0.2) is 0 Å². The van der Waals surface area contributed by atoms with Crippen LogP contribution >= 0.6 is 11.6 Å². The van der Waals surface area contributed by atoms with Crippen molar-refractivity contribution in [2.75, 3.05) is 30.5 Å². The summed E-state index contributed by atoms with van der Waals surface area (Å²) in [6.45, 7) is 6.60. The van der Waals surface area contributed by atoms with Crippen LogP contribution in [0.3, 0.4) is 0 Å². The van der Waals surface area contributed by atoms with Crippen LogP contribution in [0.4, 0.5) is 5.82 Å². The van der Waals surface area contributed by atoms with Crippen LogP contribution in [0.1, 0.15) is 32.0 Å². The average Bonchev–Trinajstić information content (AvgIpc) is 2.39. The van der Waals surface area contributed by atoms with Crippen LogP contribution in [0.25, 0.3) is 0 Å². The Hall–Kier alpha value is -1.03. The summed E-state index contributed by atoms with van der Waals surface area (Å²) in [6, 6.07) is 1.94. The van der Waals surface area contributed by atoms with E-state index in [9.17, 15) is 0 Å². The first-order valence-electron chi connectivity index (χ1n) is 7.02. The van der Waals surface area contributed by atoms with Crippen molar-refractivity contribution in [1.82, 2.24) is 9.97 Å². The molecule has 0 amide bonds. The lowest BCUT2D eigenvalue weighted by molar-refractivity contribution is 0.325. The molecule has 5 heteroatoms. The Morgan fingerprint density at radius 3 is 3.05 bits per heavy atom. The zero-order chi connectivity index (χ0) is 13.7. The number of halogens is 1. The lowest BCUT2D eigenvalue weighted by Crippen LogP contribution is -2.36. The van der Waals surface area contributed by atoms with Gasteiger partial charge in [-0.2, -0.15) is 4.98 Å². The molecule has 0 bridgehead atoms. The van der Waals surface area contributed by atoms with E-state index in [-0.39, 0.29) is 0 Å². The fourth-order valence-electron chi connectivity index (χ4n) is 2.57. The number of hydrogen-bond donors (Lipinski definition) is 0. The predicted molar refractivity (Wildman–Crippen MR) is 78.2 cm³/mol. The minimum Gasteiger partial charge on any atom is -0.478 e. The quantitative estimate of drug-likeness (QED) is 0.779. The van der Waals surface area contributed by atoms with Gasteiger partial charge in [0.05, 0.1) is 6.61 Å². The first-order valence-corrected chi connectivity index (χ1v) is 7.55. The third kappa shape index (κ3) is 3.96. The normalized spacial score (nSPS) is 19.5. The molecule has 0 radical (unpaired) electrons. The highest BCUT2D eigenvalue weighted by atomic mass is 35.5. The zero-order valence-corrected chi connectivity index (χ0v) is 12.5. The average molecular weight is 284 g/mol. The Balaban J connectivity index is 2.11. The van der Waals surface area contributed by atoms with Crippen LogP contribution in [0.5, 0.6) is 5.88 Å². The van der Waals surface area contributed by atoms with E-state index in [1.165, 1.54) is 12.8 Å². The number of ether oxygens (including phenoxy) is 1. The summed E-state index contributed by atoms with van der Waals surface area (Å²) >= 11 is 5.86. The molecule has 0 aromatic carbocycles. The second-order valence-corrected chi connectivity index (χ2v) is 5.35. The molecule has 1 fully saturated rings. The van der Waals surface area contributed by atoms with Crippen LogP contribution < -0.4 is 9.64 Å². The second-order valence-electron chi connectivity index (χ2n) is 4.98. The molecule has 106 valence electrons. The highest BCUT2D eigenvalue weighted by Crippen LogP contribution is 2.25. The SMILES string of the molecule is CCOc1cc(N2CCCC(CCCl)C2)nc(C)n1. The smallest absolute Gasteiger partial charge is 0.218 e. The highest BCUT2D eigenvalue weighted by molar-refractivity contribution is 6.17. The Kier molecular flexibility index (Phi) is 5.25. The summed E-state index contributed by atoms with van der Waals surface area (Å²) in [5.41, 5.74) is 0. The van der Waals surface area contributed by atoms with Crippen molar-refractivity contribution in [3.8, 4) is 5.88 Å². The van der Waals surface area contributed by atoms with E-state index >= 15 is 0 Å². The molecule has 0 spiro atoms. The summed E-state index contributed by atoms with van der Waals surface area (Å²) in [7, 11) is 0. The van der Waals surface area contributed by atoms with E-state index in [4.69, 9.17) is 16.3 Å². The molecule has 1 aromatic heterocycles. The molecule has 1 aliphatic heterocycles. The standard InChI is InChI=1S/C14H22ClN3O/c1-3-19-14-9-13(16-11(2)17-14)18-8-4-5-12(10-18)6-7-15/h9,12H,3-8,10H2,1-2H3. The lowest BCUT2D eigenvalue weighted by Gasteiger charge is -2.33. The second kappa shape index (κ2) is 6.94. The predicted octanol–water partition coefficient (Wildman–Crippen LogP) is 3.03. The Bertz CT molecular complexity index is 412. The molecule has 0 aliphatic carbocycles. The number of hydrogen-bond acceptors (Lipinski definition) is 4. The van der Waals surface area contributed by atoms with Gasteiger partial charge >= 0.3 is 0 Å². The molecule has 0 saturated carbocycles. The van der Waals surface area contributed by atoms with Crippen molar-refractivity contribution in [2.45, 2.75) is 33.1 Å². The Morgan fingerprint density at radius 2 is 2.32 bits per heavy atom. The van der Waals surface area contributed by atoms with Crippen LogP contribution in [0.15, 0.2) is 6.07 Å². The number of aryl methyl sites for hydroxylation is 1. The van der Waals surface area contributed by atoms with Gasteiger partial charge in [-0.15, -0.1) is 11.6 Å². The number of aromatic nitrogens is 2. The van der Waals surface area contributed by atoms with Gasteiger partial charge in [-0.1, -0.05) is 0 Å². The summed E-state index contributed by atoms with van der Waals surface area (Å²) in [6.07, 6.45) is 3.56. The number of anilines is 1. The molecule has 1 aliphatic rings. The molecule has 1 saturated heterocycles. The van der Waals surface area contributed by atoms with Crippen molar-refractivity contribution in [2.24, 2.45) is 5.92 Å². The minimum atomic E-state index is 0.630. The van der Waals surface area contributed by atoms with Gasteiger partial charge in [0.25, 0.3) is 0 Å². The minimum absolute atomic E-state index is 0.630. The number of nitrogens with zero attached hydrogens (tertiary/aromatic N) is 3. The number of piperidine rings is 1.